The number of nitrogens with zero attached hydrogens (tertiary/aromatic N) is 5. The highest BCUT2D eigenvalue weighted by molar-refractivity contribution is 6.04. The normalized spacial score (nSPS) is 21.4. The van der Waals surface area contributed by atoms with Gasteiger partial charge in [0.2, 0.25) is 5.78 Å². The molecular weight excluding hydrogens is 579 g/mol. The monoisotopic (exact) mass is 617 g/mol. The molecule has 45 heavy (non-hydrogen) atoms. The van der Waals surface area contributed by atoms with E-state index in [2.05, 4.69) is 27.5 Å². The van der Waals surface area contributed by atoms with Gasteiger partial charge in [0.15, 0.2) is 5.84 Å². The van der Waals surface area contributed by atoms with Gasteiger partial charge in [0, 0.05) is 30.2 Å². The van der Waals surface area contributed by atoms with Crippen molar-refractivity contribution in [1.82, 2.24) is 24.6 Å². The molecule has 11 nitrogen and oxygen atoms in total. The number of halogens is 1. The Kier molecular flexibility index (Phi) is 9.09. The standard InChI is InChI=1S/C33H38FN6O5/c1-3-6-28-27(17-21-9-11-22(12-10-21)25-7-4-5-8-26(25)29-37-32(42)45-38-29)30(41)39(31-35-20-36-40(28)31)23-13-15-24(16-14-23)44-19-33(2,43)18-34/h4-5,7-12,20,23-24,32,42H,3,6,13-19H2,1-2H3,(H,37,38)/q-1. The number of benzene rings is 2. The van der Waals surface area contributed by atoms with E-state index in [0.29, 0.717) is 55.7 Å². The Morgan fingerprint density at radius 3 is 2.53 bits per heavy atom. The van der Waals surface area contributed by atoms with Gasteiger partial charge in [-0.2, -0.15) is 10.1 Å². The van der Waals surface area contributed by atoms with Crippen molar-refractivity contribution >= 4 is 11.6 Å². The van der Waals surface area contributed by atoms with Crippen molar-refractivity contribution in [2.75, 3.05) is 13.3 Å². The number of hydroxylamine groups is 1. The maximum atomic E-state index is 14.3. The second-order valence-electron chi connectivity index (χ2n) is 12.1. The molecule has 2 aromatic carbocycles. The Morgan fingerprint density at radius 2 is 1.87 bits per heavy atom. The number of ether oxygens (including phenoxy) is 1. The number of aliphatic hydroxyl groups is 1. The maximum Gasteiger partial charge on any atom is 0.280 e. The Bertz CT molecular complexity index is 1730. The number of aryl methyl sites for hydroxylation is 1. The van der Waals surface area contributed by atoms with Crippen LogP contribution in [-0.2, 0) is 22.4 Å². The second kappa shape index (κ2) is 13.2. The lowest BCUT2D eigenvalue weighted by Gasteiger charge is -2.36. The van der Waals surface area contributed by atoms with Gasteiger partial charge in [-0.05, 0) is 48.8 Å². The molecule has 1 fully saturated rings. The highest BCUT2D eigenvalue weighted by Crippen LogP contribution is 2.32. The zero-order valence-electron chi connectivity index (χ0n) is 25.5. The first-order valence-electron chi connectivity index (χ1n) is 15.5. The van der Waals surface area contributed by atoms with Crippen LogP contribution in [-0.4, -0.2) is 61.5 Å². The highest BCUT2D eigenvalue weighted by Gasteiger charge is 2.29. The van der Waals surface area contributed by atoms with Crippen LogP contribution in [0.15, 0.2) is 64.6 Å². The Morgan fingerprint density at radius 1 is 1.13 bits per heavy atom. The molecule has 2 N–H and O–H groups in total. The second-order valence-corrected chi connectivity index (χ2v) is 12.1. The minimum atomic E-state index is -1.74. The third-order valence-corrected chi connectivity index (χ3v) is 8.56. The summed E-state index contributed by atoms with van der Waals surface area (Å²) in [5.74, 6) is 0.989. The average molecular weight is 618 g/mol. The highest BCUT2D eigenvalue weighted by atomic mass is 19.1. The van der Waals surface area contributed by atoms with Crippen molar-refractivity contribution in [1.29, 1.82) is 0 Å². The van der Waals surface area contributed by atoms with Crippen LogP contribution in [0.2, 0.25) is 0 Å². The average Bonchev–Trinajstić information content (AvgIpc) is 3.72. The summed E-state index contributed by atoms with van der Waals surface area (Å²) in [4.78, 5) is 27.9. The molecule has 2 unspecified atom stereocenters. The fourth-order valence-corrected chi connectivity index (χ4v) is 6.22. The van der Waals surface area contributed by atoms with Gasteiger partial charge in [0.25, 0.3) is 12.0 Å². The van der Waals surface area contributed by atoms with E-state index in [4.69, 9.17) is 9.57 Å². The van der Waals surface area contributed by atoms with Crippen LogP contribution in [0.3, 0.4) is 0 Å². The molecule has 4 aromatic rings. The van der Waals surface area contributed by atoms with Gasteiger partial charge in [-0.1, -0.05) is 74.4 Å². The van der Waals surface area contributed by atoms with Crippen LogP contribution in [0.5, 0.6) is 0 Å². The smallest absolute Gasteiger partial charge is 0.280 e. The van der Waals surface area contributed by atoms with Crippen molar-refractivity contribution in [2.45, 2.75) is 83.0 Å². The fraction of sp³-hybridized carbons (Fsp3) is 0.455. The predicted octanol–water partition coefficient (Wildman–Crippen LogP) is 3.25. The molecular formula is C33H38FN6O5-. The van der Waals surface area contributed by atoms with Gasteiger partial charge in [0.05, 0.1) is 18.5 Å². The molecule has 6 rings (SSSR count). The third kappa shape index (κ3) is 6.55. The lowest BCUT2D eigenvalue weighted by atomic mass is 9.92. The number of amidine groups is 1. The van der Waals surface area contributed by atoms with E-state index in [0.717, 1.165) is 34.4 Å². The number of aliphatic hydroxyl groups excluding tert-OH is 1. The molecule has 2 aromatic heterocycles. The number of fused-ring (bicyclic) bond motifs is 1. The molecule has 0 amide bonds. The molecule has 0 bridgehead atoms. The van der Waals surface area contributed by atoms with Crippen LogP contribution >= 0.6 is 0 Å². The molecule has 2 atom stereocenters. The molecule has 0 radical (unpaired) electrons. The molecule has 3 heterocycles. The number of hydrogen-bond acceptors (Lipinski definition) is 9. The van der Waals surface area contributed by atoms with E-state index in [1.165, 1.54) is 13.3 Å². The maximum absolute atomic E-state index is 14.3. The number of aliphatic imine (C=N–C) groups is 1. The van der Waals surface area contributed by atoms with E-state index in [-0.39, 0.29) is 24.3 Å². The van der Waals surface area contributed by atoms with E-state index in [9.17, 15) is 19.4 Å². The Hall–Kier alpha value is -3.97. The van der Waals surface area contributed by atoms with Crippen molar-refractivity contribution in [3.63, 3.8) is 0 Å². The summed E-state index contributed by atoms with van der Waals surface area (Å²) in [6, 6.07) is 15.7. The van der Waals surface area contributed by atoms with Crippen molar-refractivity contribution in [3.05, 3.63) is 87.6 Å². The van der Waals surface area contributed by atoms with E-state index in [1.54, 1.807) is 4.57 Å². The minimum absolute atomic E-state index is 0.0637. The lowest BCUT2D eigenvalue weighted by molar-refractivity contribution is -0.482. The lowest BCUT2D eigenvalue weighted by Crippen LogP contribution is -2.48. The van der Waals surface area contributed by atoms with Crippen LogP contribution in [0.25, 0.3) is 16.9 Å². The topological polar surface area (TPSA) is 138 Å². The summed E-state index contributed by atoms with van der Waals surface area (Å²) >= 11 is 0. The largest absolute Gasteiger partial charge is 0.846 e. The summed E-state index contributed by atoms with van der Waals surface area (Å²) in [7, 11) is 0. The summed E-state index contributed by atoms with van der Waals surface area (Å²) in [5.41, 5.74) is 6.10. The first-order valence-corrected chi connectivity index (χ1v) is 15.5. The number of rotatable bonds is 11. The van der Waals surface area contributed by atoms with Gasteiger partial charge in [-0.15, -0.1) is 0 Å². The van der Waals surface area contributed by atoms with Gasteiger partial charge in [-0.3, -0.25) is 13.8 Å². The first-order chi connectivity index (χ1) is 21.8. The Balaban J connectivity index is 1.28. The molecule has 0 spiro atoms. The number of nitrogens with one attached hydrogen (secondary N) is 1. The van der Waals surface area contributed by atoms with Gasteiger partial charge < -0.3 is 14.9 Å². The van der Waals surface area contributed by atoms with Gasteiger partial charge in [0.1, 0.15) is 6.33 Å². The van der Waals surface area contributed by atoms with E-state index < -0.39 is 18.7 Å². The van der Waals surface area contributed by atoms with Crippen molar-refractivity contribution in [2.24, 2.45) is 4.99 Å². The fourth-order valence-electron chi connectivity index (χ4n) is 6.22. The molecule has 2 aliphatic rings. The summed E-state index contributed by atoms with van der Waals surface area (Å²) < 4.78 is 22.3. The van der Waals surface area contributed by atoms with Gasteiger partial charge >= 0.3 is 0 Å². The van der Waals surface area contributed by atoms with Crippen LogP contribution in [0.1, 0.15) is 74.4 Å². The van der Waals surface area contributed by atoms with Crippen molar-refractivity contribution in [3.8, 4) is 11.1 Å². The summed E-state index contributed by atoms with van der Waals surface area (Å²) in [6.45, 7) is 2.25. The van der Waals surface area contributed by atoms with Crippen LogP contribution in [0, 0.1) is 0 Å². The minimum Gasteiger partial charge on any atom is -0.846 e. The van der Waals surface area contributed by atoms with Crippen LogP contribution in [0.4, 0.5) is 4.39 Å². The molecule has 1 aliphatic carbocycles. The summed E-state index contributed by atoms with van der Waals surface area (Å²) in [5, 5.41) is 26.2. The Labute approximate surface area is 260 Å². The van der Waals surface area contributed by atoms with E-state index >= 15 is 0 Å². The quantitative estimate of drug-likeness (QED) is 0.262. The van der Waals surface area contributed by atoms with Crippen molar-refractivity contribution < 1.29 is 24.2 Å². The number of hydrogen-bond donors (Lipinski definition) is 2. The van der Waals surface area contributed by atoms with E-state index in [1.807, 2.05) is 53.0 Å². The number of aromatic nitrogens is 4. The predicted molar refractivity (Wildman–Crippen MR) is 164 cm³/mol. The number of alkyl halides is 1. The first kappa shape index (κ1) is 31.0. The molecule has 12 heteroatoms. The molecule has 1 saturated carbocycles. The molecule has 238 valence electrons. The van der Waals surface area contributed by atoms with Gasteiger partial charge in [-0.25, -0.2) is 19.8 Å². The zero-order chi connectivity index (χ0) is 31.6. The SMILES string of the molecule is CCCc1c(Cc2ccc(-c3ccccc3C3=NC(O)ON3)cc2)c(=O)n(C2CCC(OCC(C)([O-])CF)CC2)c2ncnn12. The zero-order valence-corrected chi connectivity index (χ0v) is 25.5. The van der Waals surface area contributed by atoms with Crippen LogP contribution < -0.4 is 16.1 Å². The summed E-state index contributed by atoms with van der Waals surface area (Å²) in [6.07, 6.45) is 4.78. The third-order valence-electron chi connectivity index (χ3n) is 8.56. The molecule has 1 aliphatic heterocycles. The molecule has 0 saturated heterocycles.